The van der Waals surface area contributed by atoms with Gasteiger partial charge in [-0.2, -0.15) is 0 Å². The molecule has 0 heterocycles. The highest BCUT2D eigenvalue weighted by molar-refractivity contribution is 5.89. The van der Waals surface area contributed by atoms with Crippen molar-refractivity contribution in [2.75, 3.05) is 13.7 Å². The van der Waals surface area contributed by atoms with Crippen LogP contribution < -0.4 is 0 Å². The van der Waals surface area contributed by atoms with Crippen LogP contribution in [0.2, 0.25) is 0 Å². The van der Waals surface area contributed by atoms with Crippen molar-refractivity contribution < 1.29 is 14.3 Å². The predicted molar refractivity (Wildman–Crippen MR) is 62.3 cm³/mol. The van der Waals surface area contributed by atoms with E-state index < -0.39 is 0 Å². The van der Waals surface area contributed by atoms with E-state index in [1.165, 1.54) is 0 Å². The summed E-state index contributed by atoms with van der Waals surface area (Å²) in [7, 11) is 1.63. The van der Waals surface area contributed by atoms with Crippen LogP contribution in [0.3, 0.4) is 0 Å². The molecule has 0 saturated carbocycles. The molecule has 0 unspecified atom stereocenters. The number of hydrogen-bond donors (Lipinski definition) is 0. The molecule has 1 rings (SSSR count). The Morgan fingerprint density at radius 2 is 2.19 bits per heavy atom. The highest BCUT2D eigenvalue weighted by atomic mass is 16.5. The number of benzene rings is 1. The van der Waals surface area contributed by atoms with Gasteiger partial charge in [-0.1, -0.05) is 25.5 Å². The highest BCUT2D eigenvalue weighted by Gasteiger charge is 2.06. The molecule has 0 spiro atoms. The van der Waals surface area contributed by atoms with Gasteiger partial charge in [-0.15, -0.1) is 0 Å². The van der Waals surface area contributed by atoms with Crippen molar-refractivity contribution in [2.24, 2.45) is 0 Å². The minimum absolute atomic E-state index is 0.258. The second-order valence-corrected chi connectivity index (χ2v) is 3.62. The topological polar surface area (TPSA) is 35.5 Å². The first-order chi connectivity index (χ1) is 7.77. The van der Waals surface area contributed by atoms with E-state index in [0.717, 1.165) is 18.4 Å². The van der Waals surface area contributed by atoms with E-state index in [-0.39, 0.29) is 5.97 Å². The van der Waals surface area contributed by atoms with E-state index in [0.29, 0.717) is 18.8 Å². The quantitative estimate of drug-likeness (QED) is 0.548. The van der Waals surface area contributed by atoms with Crippen LogP contribution in [-0.2, 0) is 16.1 Å². The van der Waals surface area contributed by atoms with Crippen LogP contribution in [-0.4, -0.2) is 19.7 Å². The predicted octanol–water partition coefficient (Wildman–Crippen LogP) is 2.79. The maximum Gasteiger partial charge on any atom is 0.338 e. The number of esters is 1. The summed E-state index contributed by atoms with van der Waals surface area (Å²) in [5.41, 5.74) is 1.57. The van der Waals surface area contributed by atoms with E-state index >= 15 is 0 Å². The summed E-state index contributed by atoms with van der Waals surface area (Å²) in [5.74, 6) is -0.258. The summed E-state index contributed by atoms with van der Waals surface area (Å²) in [6, 6.07) is 7.32. The van der Waals surface area contributed by atoms with E-state index in [9.17, 15) is 4.79 Å². The maximum atomic E-state index is 11.6. The van der Waals surface area contributed by atoms with E-state index in [4.69, 9.17) is 9.47 Å². The Balaban J connectivity index is 2.57. The van der Waals surface area contributed by atoms with Gasteiger partial charge in [-0.3, -0.25) is 0 Å². The third-order valence-electron chi connectivity index (χ3n) is 2.20. The van der Waals surface area contributed by atoms with Crippen molar-refractivity contribution in [3.8, 4) is 0 Å². The zero-order chi connectivity index (χ0) is 11.8. The van der Waals surface area contributed by atoms with Gasteiger partial charge < -0.3 is 9.47 Å². The number of carbonyl (C=O) groups excluding carboxylic acids is 1. The van der Waals surface area contributed by atoms with Gasteiger partial charge in [-0.05, 0) is 24.1 Å². The van der Waals surface area contributed by atoms with Crippen molar-refractivity contribution in [3.63, 3.8) is 0 Å². The molecule has 0 bridgehead atoms. The molecule has 0 radical (unpaired) electrons. The van der Waals surface area contributed by atoms with Crippen LogP contribution in [0.5, 0.6) is 0 Å². The van der Waals surface area contributed by atoms with Crippen LogP contribution in [0.25, 0.3) is 0 Å². The fourth-order valence-corrected chi connectivity index (χ4v) is 1.35. The Kier molecular flexibility index (Phi) is 5.57. The molecule has 3 heteroatoms. The lowest BCUT2D eigenvalue weighted by atomic mass is 10.1. The molecule has 0 amide bonds. The molecule has 0 aliphatic rings. The third kappa shape index (κ3) is 4.03. The summed E-state index contributed by atoms with van der Waals surface area (Å²) >= 11 is 0. The Labute approximate surface area is 96.4 Å². The molecular weight excluding hydrogens is 204 g/mol. The van der Waals surface area contributed by atoms with Gasteiger partial charge in [0.25, 0.3) is 0 Å². The van der Waals surface area contributed by atoms with Crippen molar-refractivity contribution in [1.29, 1.82) is 0 Å². The first-order valence-electron chi connectivity index (χ1n) is 5.53. The number of carbonyl (C=O) groups is 1. The van der Waals surface area contributed by atoms with Crippen molar-refractivity contribution in [2.45, 2.75) is 26.4 Å². The fourth-order valence-electron chi connectivity index (χ4n) is 1.35. The summed E-state index contributed by atoms with van der Waals surface area (Å²) in [6.45, 7) is 3.06. The van der Waals surface area contributed by atoms with Crippen molar-refractivity contribution >= 4 is 5.97 Å². The van der Waals surface area contributed by atoms with Gasteiger partial charge in [0.15, 0.2) is 0 Å². The number of methoxy groups -OCH3 is 1. The smallest absolute Gasteiger partial charge is 0.338 e. The number of ether oxygens (including phenoxy) is 2. The van der Waals surface area contributed by atoms with E-state index in [2.05, 4.69) is 6.92 Å². The van der Waals surface area contributed by atoms with Crippen LogP contribution in [0, 0.1) is 0 Å². The van der Waals surface area contributed by atoms with E-state index in [1.54, 1.807) is 19.2 Å². The van der Waals surface area contributed by atoms with Gasteiger partial charge >= 0.3 is 5.97 Å². The Bertz CT molecular complexity index is 334. The SMILES string of the molecule is CCCCOC(=O)c1cccc(COC)c1. The zero-order valence-corrected chi connectivity index (χ0v) is 9.86. The number of hydrogen-bond acceptors (Lipinski definition) is 3. The Morgan fingerprint density at radius 3 is 2.88 bits per heavy atom. The molecule has 3 nitrogen and oxygen atoms in total. The van der Waals surface area contributed by atoms with Crippen molar-refractivity contribution in [3.05, 3.63) is 35.4 Å². The minimum Gasteiger partial charge on any atom is -0.462 e. The number of unbranched alkanes of at least 4 members (excludes halogenated alkanes) is 1. The first kappa shape index (κ1) is 12.7. The second-order valence-electron chi connectivity index (χ2n) is 3.62. The highest BCUT2D eigenvalue weighted by Crippen LogP contribution is 2.08. The van der Waals surface area contributed by atoms with Gasteiger partial charge in [0.2, 0.25) is 0 Å². The lowest BCUT2D eigenvalue weighted by Gasteiger charge is -2.05. The summed E-state index contributed by atoms with van der Waals surface area (Å²) in [6.07, 6.45) is 1.93. The standard InChI is InChI=1S/C13H18O3/c1-3-4-8-16-13(14)12-7-5-6-11(9-12)10-15-2/h5-7,9H,3-4,8,10H2,1-2H3. The normalized spacial score (nSPS) is 10.1. The fraction of sp³-hybridized carbons (Fsp3) is 0.462. The van der Waals surface area contributed by atoms with E-state index in [1.807, 2.05) is 12.1 Å². The Morgan fingerprint density at radius 1 is 1.38 bits per heavy atom. The minimum atomic E-state index is -0.258. The molecule has 0 aromatic heterocycles. The number of rotatable bonds is 6. The van der Waals surface area contributed by atoms with Crippen LogP contribution in [0.1, 0.15) is 35.7 Å². The average molecular weight is 222 g/mol. The molecule has 0 atom stereocenters. The molecule has 16 heavy (non-hydrogen) atoms. The third-order valence-corrected chi connectivity index (χ3v) is 2.20. The van der Waals surface area contributed by atoms with Gasteiger partial charge in [-0.25, -0.2) is 4.79 Å². The van der Waals surface area contributed by atoms with Gasteiger partial charge in [0.05, 0.1) is 18.8 Å². The van der Waals surface area contributed by atoms with Crippen LogP contribution in [0.4, 0.5) is 0 Å². The van der Waals surface area contributed by atoms with Crippen LogP contribution in [0.15, 0.2) is 24.3 Å². The molecular formula is C13H18O3. The summed E-state index contributed by atoms with van der Waals surface area (Å²) < 4.78 is 10.1. The summed E-state index contributed by atoms with van der Waals surface area (Å²) in [4.78, 5) is 11.6. The van der Waals surface area contributed by atoms with Crippen molar-refractivity contribution in [1.82, 2.24) is 0 Å². The molecule has 0 aliphatic heterocycles. The van der Waals surface area contributed by atoms with Crippen LogP contribution >= 0.6 is 0 Å². The van der Waals surface area contributed by atoms with Gasteiger partial charge in [0.1, 0.15) is 0 Å². The maximum absolute atomic E-state index is 11.6. The molecule has 0 aliphatic carbocycles. The largest absolute Gasteiger partial charge is 0.462 e. The van der Waals surface area contributed by atoms with Gasteiger partial charge in [0, 0.05) is 7.11 Å². The molecule has 0 saturated heterocycles. The summed E-state index contributed by atoms with van der Waals surface area (Å²) in [5, 5.41) is 0. The lowest BCUT2D eigenvalue weighted by molar-refractivity contribution is 0.0499. The molecule has 1 aromatic rings. The zero-order valence-electron chi connectivity index (χ0n) is 9.86. The molecule has 1 aromatic carbocycles. The molecule has 88 valence electrons. The molecule has 0 fully saturated rings. The second kappa shape index (κ2) is 7.01. The monoisotopic (exact) mass is 222 g/mol. The first-order valence-corrected chi connectivity index (χ1v) is 5.53. The molecule has 0 N–H and O–H groups in total. The lowest BCUT2D eigenvalue weighted by Crippen LogP contribution is -2.06. The Hall–Kier alpha value is -1.35. The average Bonchev–Trinajstić information content (AvgIpc) is 2.30.